The summed E-state index contributed by atoms with van der Waals surface area (Å²) in [5.41, 5.74) is 5.92. The zero-order valence-electron chi connectivity index (χ0n) is 22.4. The second kappa shape index (κ2) is 16.4. The third kappa shape index (κ3) is 10.1. The van der Waals surface area contributed by atoms with E-state index in [2.05, 4.69) is 19.4 Å². The minimum absolute atomic E-state index is 0.0833. The highest BCUT2D eigenvalue weighted by molar-refractivity contribution is 7.91. The van der Waals surface area contributed by atoms with Gasteiger partial charge in [-0.15, -0.1) is 0 Å². The molecule has 4 aromatic carbocycles. The van der Waals surface area contributed by atoms with Gasteiger partial charge in [0.2, 0.25) is 9.84 Å². The van der Waals surface area contributed by atoms with Gasteiger partial charge in [-0.25, -0.2) is 8.42 Å². The second-order valence-electron chi connectivity index (χ2n) is 8.19. The molecular formula is C29H31BO3P2S2. The molecule has 0 saturated heterocycles. The molecule has 0 saturated carbocycles. The molecule has 37 heavy (non-hydrogen) atoms. The molecule has 0 amide bonds. The first-order valence-electron chi connectivity index (χ1n) is 11.7. The maximum absolute atomic E-state index is 12.3. The minimum Gasteiger partial charge on any atom is -0.289 e. The van der Waals surface area contributed by atoms with Gasteiger partial charge in [-0.05, 0) is 59.9 Å². The number of aryl methyl sites for hydroxylation is 4. The Balaban J connectivity index is 0.000000326. The van der Waals surface area contributed by atoms with Crippen molar-refractivity contribution >= 4 is 52.1 Å². The van der Waals surface area contributed by atoms with E-state index in [0.717, 1.165) is 22.3 Å². The molecule has 0 aliphatic carbocycles. The van der Waals surface area contributed by atoms with Gasteiger partial charge in [-0.1, -0.05) is 107 Å². The van der Waals surface area contributed by atoms with Crippen LogP contribution in [0.4, 0.5) is 0 Å². The predicted octanol–water partition coefficient (Wildman–Crippen LogP) is 7.21. The maximum Gasteiger partial charge on any atom is 0.206 e. The smallest absolute Gasteiger partial charge is 0.206 e. The predicted molar refractivity (Wildman–Crippen MR) is 165 cm³/mol. The molecule has 4 rings (SSSR count). The number of hydrogen-bond acceptors (Lipinski definition) is 4. The normalized spacial score (nSPS) is 10.4. The molecule has 3 nitrogen and oxygen atoms in total. The van der Waals surface area contributed by atoms with E-state index < -0.39 is 9.84 Å². The minimum atomic E-state index is -3.37. The number of rotatable bonds is 4. The molecule has 0 aromatic heterocycles. The first-order chi connectivity index (χ1) is 18.1. The van der Waals surface area contributed by atoms with Crippen LogP contribution < -0.4 is 0 Å². The van der Waals surface area contributed by atoms with Crippen molar-refractivity contribution in [2.75, 3.05) is 0 Å². The van der Waals surface area contributed by atoms with Crippen LogP contribution in [0.3, 0.4) is 0 Å². The third-order valence-corrected chi connectivity index (χ3v) is 7.08. The summed E-state index contributed by atoms with van der Waals surface area (Å²) in [7, 11) is 3.21. The van der Waals surface area contributed by atoms with Gasteiger partial charge in [0, 0.05) is 11.1 Å². The fraction of sp³-hybridized carbons (Fsp3) is 0.138. The lowest BCUT2D eigenvalue weighted by atomic mass is 10.0. The van der Waals surface area contributed by atoms with E-state index in [4.69, 9.17) is 1.28 Å². The molecule has 0 bridgehead atoms. The van der Waals surface area contributed by atoms with Crippen molar-refractivity contribution in [1.82, 2.24) is 0 Å². The Morgan fingerprint density at radius 3 is 1.11 bits per heavy atom. The van der Waals surface area contributed by atoms with E-state index in [1.54, 1.807) is 48.5 Å². The standard InChI is InChI=1S/C15H14O.C14H14O2S.BH2P.HPS/c1-11-3-7-13(8-4-11)15(16)14-9-5-12(2)6-10-14;1-11-3-7-13(8-4-11)17(15,16)14-9-5-12(2)6-10-14;2*1-2/h3-10H,1-2H3;3-10H,1-2H3;2H2;1H/i;;;1D. The summed E-state index contributed by atoms with van der Waals surface area (Å²) in [6.45, 7) is 7.89. The lowest BCUT2D eigenvalue weighted by Crippen LogP contribution is -2.01. The molecule has 1 atom stereocenters. The summed E-state index contributed by atoms with van der Waals surface area (Å²) < 4.78 is 30.5. The van der Waals surface area contributed by atoms with Crippen LogP contribution in [-0.2, 0) is 21.6 Å². The van der Waals surface area contributed by atoms with Crippen molar-refractivity contribution in [2.24, 2.45) is 0 Å². The van der Waals surface area contributed by atoms with Crippen molar-refractivity contribution in [3.8, 4) is 0 Å². The van der Waals surface area contributed by atoms with Gasteiger partial charge < -0.3 is 0 Å². The fourth-order valence-corrected chi connectivity index (χ4v) is 4.41. The lowest BCUT2D eigenvalue weighted by molar-refractivity contribution is 0.103. The number of carbonyl (C=O) groups is 1. The van der Waals surface area contributed by atoms with Crippen LogP contribution in [0.25, 0.3) is 0 Å². The van der Waals surface area contributed by atoms with Gasteiger partial charge in [0.1, 0.15) is 1.28 Å². The van der Waals surface area contributed by atoms with Crippen LogP contribution in [0.15, 0.2) is 107 Å². The molecule has 1 unspecified atom stereocenters. The summed E-state index contributed by atoms with van der Waals surface area (Å²) in [6, 6.07) is 29.1. The molecule has 0 aliphatic rings. The molecule has 0 heterocycles. The number of carbonyl (C=O) groups excluding carboxylic acids is 1. The van der Waals surface area contributed by atoms with Crippen molar-refractivity contribution in [3.05, 3.63) is 130 Å². The molecule has 0 fully saturated rings. The Morgan fingerprint density at radius 2 is 0.865 bits per heavy atom. The molecule has 2 radical (unpaired) electrons. The summed E-state index contributed by atoms with van der Waals surface area (Å²) >= 11 is 4.03. The van der Waals surface area contributed by atoms with Crippen molar-refractivity contribution in [2.45, 2.75) is 37.5 Å². The summed E-state index contributed by atoms with van der Waals surface area (Å²) in [5.74, 6) is 0.0833. The van der Waals surface area contributed by atoms with Crippen molar-refractivity contribution in [3.63, 3.8) is 0 Å². The first kappa shape index (κ1) is 30.7. The Hall–Kier alpha value is -2.49. The lowest BCUT2D eigenvalue weighted by Gasteiger charge is -2.05. The number of hydrogen-bond donors (Lipinski definition) is 0. The Kier molecular flexibility index (Phi) is 13.6. The SMILES string of the molecule is Cc1ccc(C(=O)c2ccc(C)cc2)cc1.Cc1ccc(S(=O)(=O)c2ccc(C)cc2)cc1.[2H]P=S.[B]P. The Labute approximate surface area is 233 Å². The van der Waals surface area contributed by atoms with E-state index in [1.165, 1.54) is 11.1 Å². The van der Waals surface area contributed by atoms with E-state index in [-0.39, 0.29) is 13.7 Å². The first-order valence-corrected chi connectivity index (χ1v) is 14.9. The summed E-state index contributed by atoms with van der Waals surface area (Å²) in [6.07, 6.45) is 0. The number of ketones is 1. The van der Waals surface area contributed by atoms with Crippen LogP contribution >= 0.6 is 17.1 Å². The number of benzene rings is 4. The van der Waals surface area contributed by atoms with E-state index in [1.807, 2.05) is 85.3 Å². The fourth-order valence-electron chi connectivity index (χ4n) is 3.15. The quantitative estimate of drug-likeness (QED) is 0.149. The maximum atomic E-state index is 12.3. The number of sulfone groups is 1. The van der Waals surface area contributed by atoms with Gasteiger partial charge in [0.15, 0.2) is 5.78 Å². The van der Waals surface area contributed by atoms with Crippen molar-refractivity contribution in [1.29, 1.82) is 1.28 Å². The molecule has 0 aliphatic heterocycles. The van der Waals surface area contributed by atoms with Crippen LogP contribution in [0.1, 0.15) is 38.2 Å². The zero-order valence-corrected chi connectivity index (χ0v) is 25.1. The average Bonchev–Trinajstić information content (AvgIpc) is 2.92. The van der Waals surface area contributed by atoms with Gasteiger partial charge in [-0.3, -0.25) is 4.79 Å². The topological polar surface area (TPSA) is 51.2 Å². The van der Waals surface area contributed by atoms with E-state index in [9.17, 15) is 13.2 Å². The Bertz CT molecular complexity index is 1290. The van der Waals surface area contributed by atoms with Gasteiger partial charge in [-0.2, -0.15) is 9.12 Å². The van der Waals surface area contributed by atoms with E-state index in [0.29, 0.717) is 9.79 Å². The third-order valence-electron chi connectivity index (χ3n) is 5.29. The molecule has 4 aromatic rings. The van der Waals surface area contributed by atoms with Crippen LogP contribution in [-0.4, -0.2) is 23.0 Å². The highest BCUT2D eigenvalue weighted by Crippen LogP contribution is 2.21. The van der Waals surface area contributed by atoms with Crippen LogP contribution in [0.2, 0.25) is 0 Å². The highest BCUT2D eigenvalue weighted by atomic mass is 32.4. The monoisotopic (exact) mass is 565 g/mol. The van der Waals surface area contributed by atoms with Gasteiger partial charge >= 0.3 is 0 Å². The largest absolute Gasteiger partial charge is 0.289 e. The molecule has 8 heteroatoms. The highest BCUT2D eigenvalue weighted by Gasteiger charge is 2.16. The van der Waals surface area contributed by atoms with E-state index >= 15 is 0 Å². The van der Waals surface area contributed by atoms with Crippen LogP contribution in [0.5, 0.6) is 0 Å². The van der Waals surface area contributed by atoms with Crippen LogP contribution in [0, 0.1) is 27.7 Å². The average molecular weight is 565 g/mol. The molecule has 190 valence electrons. The summed E-state index contributed by atoms with van der Waals surface area (Å²) in [5, 5.41) is 0. The van der Waals surface area contributed by atoms with Gasteiger partial charge in [0.25, 0.3) is 0 Å². The second-order valence-corrected chi connectivity index (χ2v) is 10.1. The molecular weight excluding hydrogens is 533 g/mol. The molecule has 0 N–H and O–H groups in total. The van der Waals surface area contributed by atoms with Crippen molar-refractivity contribution < 1.29 is 13.2 Å². The zero-order chi connectivity index (χ0) is 28.7. The molecule has 0 spiro atoms. The Morgan fingerprint density at radius 1 is 0.649 bits per heavy atom. The summed E-state index contributed by atoms with van der Waals surface area (Å²) in [4.78, 5) is 12.7. The van der Waals surface area contributed by atoms with Gasteiger partial charge in [0.05, 0.1) is 17.4 Å².